The van der Waals surface area contributed by atoms with Crippen LogP contribution in [0, 0.1) is 6.92 Å². The van der Waals surface area contributed by atoms with Crippen LogP contribution in [0.4, 0.5) is 5.69 Å². The first kappa shape index (κ1) is 11.0. The minimum absolute atomic E-state index is 0.313. The summed E-state index contributed by atoms with van der Waals surface area (Å²) in [6.07, 6.45) is 1.84. The van der Waals surface area contributed by atoms with E-state index in [1.807, 2.05) is 43.0 Å². The third-order valence-corrected chi connectivity index (χ3v) is 3.16. The van der Waals surface area contributed by atoms with Gasteiger partial charge in [-0.25, -0.2) is 0 Å². The number of anilines is 1. The molecule has 0 atom stereocenters. The zero-order valence-corrected chi connectivity index (χ0v) is 10.4. The van der Waals surface area contributed by atoms with Gasteiger partial charge in [0.15, 0.2) is 11.5 Å². The summed E-state index contributed by atoms with van der Waals surface area (Å²) >= 11 is 0. The van der Waals surface area contributed by atoms with Gasteiger partial charge in [-0.1, -0.05) is 6.07 Å². The molecule has 2 aromatic rings. The first-order chi connectivity index (χ1) is 8.74. The van der Waals surface area contributed by atoms with Gasteiger partial charge in [-0.3, -0.25) is 4.68 Å². The minimum atomic E-state index is 0.313. The van der Waals surface area contributed by atoms with Crippen LogP contribution in [0.2, 0.25) is 0 Å². The van der Waals surface area contributed by atoms with Gasteiger partial charge in [0, 0.05) is 13.6 Å². The molecule has 18 heavy (non-hydrogen) atoms. The summed E-state index contributed by atoms with van der Waals surface area (Å²) in [5, 5.41) is 7.56. The molecule has 0 spiro atoms. The molecule has 1 aliphatic rings. The Labute approximate surface area is 105 Å². The van der Waals surface area contributed by atoms with Gasteiger partial charge in [-0.05, 0) is 24.6 Å². The maximum atomic E-state index is 5.35. The molecule has 0 amide bonds. The van der Waals surface area contributed by atoms with Crippen LogP contribution in [0.3, 0.4) is 0 Å². The van der Waals surface area contributed by atoms with Gasteiger partial charge in [-0.2, -0.15) is 5.10 Å². The molecule has 1 aliphatic heterocycles. The Hall–Kier alpha value is -2.17. The van der Waals surface area contributed by atoms with E-state index in [2.05, 4.69) is 10.4 Å². The van der Waals surface area contributed by atoms with Crippen molar-refractivity contribution in [2.75, 3.05) is 12.1 Å². The minimum Gasteiger partial charge on any atom is -0.454 e. The third kappa shape index (κ3) is 1.88. The third-order valence-electron chi connectivity index (χ3n) is 3.16. The normalized spacial score (nSPS) is 12.8. The number of hydrogen-bond donors (Lipinski definition) is 1. The molecule has 0 saturated heterocycles. The average Bonchev–Trinajstić information content (AvgIpc) is 2.96. The molecule has 1 aromatic carbocycles. The molecule has 0 bridgehead atoms. The predicted octanol–water partition coefficient (Wildman–Crippen LogP) is 2.07. The molecule has 1 N–H and O–H groups in total. The van der Waals surface area contributed by atoms with Crippen LogP contribution in [-0.4, -0.2) is 16.6 Å². The second kappa shape index (κ2) is 4.25. The van der Waals surface area contributed by atoms with Gasteiger partial charge in [0.1, 0.15) is 0 Å². The fourth-order valence-electron chi connectivity index (χ4n) is 1.92. The summed E-state index contributed by atoms with van der Waals surface area (Å²) in [4.78, 5) is 0. The molecule has 94 valence electrons. The monoisotopic (exact) mass is 245 g/mol. The van der Waals surface area contributed by atoms with E-state index in [-0.39, 0.29) is 0 Å². The largest absolute Gasteiger partial charge is 0.454 e. The zero-order chi connectivity index (χ0) is 12.5. The Morgan fingerprint density at radius 3 is 2.94 bits per heavy atom. The molecule has 3 rings (SSSR count). The molecule has 1 aromatic heterocycles. The van der Waals surface area contributed by atoms with Crippen molar-refractivity contribution in [3.8, 4) is 11.5 Å². The maximum Gasteiger partial charge on any atom is 0.231 e. The molecule has 2 heterocycles. The second-order valence-electron chi connectivity index (χ2n) is 4.31. The Balaban J connectivity index is 1.72. The number of hydrogen-bond acceptors (Lipinski definition) is 4. The number of aryl methyl sites for hydroxylation is 1. The highest BCUT2D eigenvalue weighted by Crippen LogP contribution is 2.32. The molecule has 0 fully saturated rings. The highest BCUT2D eigenvalue weighted by molar-refractivity contribution is 5.48. The van der Waals surface area contributed by atoms with Crippen LogP contribution in [0.1, 0.15) is 11.3 Å². The second-order valence-corrected chi connectivity index (χ2v) is 4.31. The molecule has 0 aliphatic carbocycles. The van der Waals surface area contributed by atoms with Crippen LogP contribution in [0.5, 0.6) is 11.5 Å². The number of rotatable bonds is 3. The number of benzene rings is 1. The van der Waals surface area contributed by atoms with Crippen LogP contribution in [-0.2, 0) is 13.6 Å². The summed E-state index contributed by atoms with van der Waals surface area (Å²) in [7, 11) is 1.93. The van der Waals surface area contributed by atoms with Crippen LogP contribution in [0.15, 0.2) is 24.4 Å². The fraction of sp³-hybridized carbons (Fsp3) is 0.308. The van der Waals surface area contributed by atoms with E-state index < -0.39 is 0 Å². The van der Waals surface area contributed by atoms with Crippen LogP contribution < -0.4 is 14.8 Å². The van der Waals surface area contributed by atoms with E-state index in [9.17, 15) is 0 Å². The van der Waals surface area contributed by atoms with Crippen molar-refractivity contribution >= 4 is 5.69 Å². The van der Waals surface area contributed by atoms with E-state index in [1.165, 1.54) is 0 Å². The fourth-order valence-corrected chi connectivity index (χ4v) is 1.92. The number of ether oxygens (including phenoxy) is 2. The van der Waals surface area contributed by atoms with Gasteiger partial charge >= 0.3 is 0 Å². The van der Waals surface area contributed by atoms with Gasteiger partial charge in [0.25, 0.3) is 0 Å². The number of aromatic nitrogens is 2. The van der Waals surface area contributed by atoms with Crippen LogP contribution in [0.25, 0.3) is 0 Å². The Morgan fingerprint density at radius 2 is 2.17 bits per heavy atom. The number of nitrogens with one attached hydrogen (secondary N) is 1. The summed E-state index contributed by atoms with van der Waals surface area (Å²) < 4.78 is 12.5. The van der Waals surface area contributed by atoms with Crippen molar-refractivity contribution in [3.05, 3.63) is 35.7 Å². The smallest absolute Gasteiger partial charge is 0.231 e. The lowest BCUT2D eigenvalue weighted by Crippen LogP contribution is -2.01. The lowest BCUT2D eigenvalue weighted by molar-refractivity contribution is 0.174. The van der Waals surface area contributed by atoms with E-state index in [4.69, 9.17) is 9.47 Å². The standard InChI is InChI=1S/C13H15N3O2/c1-9-11(7-15-16(9)2)14-6-10-3-4-12-13(5-10)18-8-17-12/h3-5,7,14H,6,8H2,1-2H3. The first-order valence-corrected chi connectivity index (χ1v) is 5.85. The van der Waals surface area contributed by atoms with E-state index in [1.54, 1.807) is 0 Å². The van der Waals surface area contributed by atoms with Crippen molar-refractivity contribution in [1.82, 2.24) is 9.78 Å². The maximum absolute atomic E-state index is 5.35. The van der Waals surface area contributed by atoms with Crippen molar-refractivity contribution in [1.29, 1.82) is 0 Å². The lowest BCUT2D eigenvalue weighted by Gasteiger charge is -2.06. The van der Waals surface area contributed by atoms with Crippen molar-refractivity contribution < 1.29 is 9.47 Å². The number of fused-ring (bicyclic) bond motifs is 1. The Kier molecular flexibility index (Phi) is 2.59. The Morgan fingerprint density at radius 1 is 1.33 bits per heavy atom. The van der Waals surface area contributed by atoms with E-state index in [0.717, 1.165) is 35.0 Å². The van der Waals surface area contributed by atoms with Crippen molar-refractivity contribution in [3.63, 3.8) is 0 Å². The lowest BCUT2D eigenvalue weighted by atomic mass is 10.2. The first-order valence-electron chi connectivity index (χ1n) is 5.85. The van der Waals surface area contributed by atoms with Crippen molar-refractivity contribution in [2.45, 2.75) is 13.5 Å². The molecule has 5 heteroatoms. The summed E-state index contributed by atoms with van der Waals surface area (Å²) in [6, 6.07) is 5.97. The van der Waals surface area contributed by atoms with E-state index in [0.29, 0.717) is 6.79 Å². The molecule has 0 saturated carbocycles. The quantitative estimate of drug-likeness (QED) is 0.899. The van der Waals surface area contributed by atoms with Crippen molar-refractivity contribution in [2.24, 2.45) is 7.05 Å². The molecule has 0 unspecified atom stereocenters. The topological polar surface area (TPSA) is 48.3 Å². The van der Waals surface area contributed by atoms with E-state index >= 15 is 0 Å². The summed E-state index contributed by atoms with van der Waals surface area (Å²) in [5.74, 6) is 1.63. The van der Waals surface area contributed by atoms with Gasteiger partial charge in [-0.15, -0.1) is 0 Å². The molecular formula is C13H15N3O2. The predicted molar refractivity (Wildman–Crippen MR) is 67.8 cm³/mol. The highest BCUT2D eigenvalue weighted by atomic mass is 16.7. The SMILES string of the molecule is Cc1c(NCc2ccc3c(c2)OCO3)cnn1C. The van der Waals surface area contributed by atoms with Crippen LogP contribution >= 0.6 is 0 Å². The highest BCUT2D eigenvalue weighted by Gasteiger charge is 2.13. The van der Waals surface area contributed by atoms with Gasteiger partial charge in [0.2, 0.25) is 6.79 Å². The molecule has 5 nitrogen and oxygen atoms in total. The zero-order valence-electron chi connectivity index (χ0n) is 10.4. The summed E-state index contributed by atoms with van der Waals surface area (Å²) in [6.45, 7) is 3.09. The Bertz CT molecular complexity index is 578. The molecule has 0 radical (unpaired) electrons. The molecular weight excluding hydrogens is 230 g/mol. The summed E-state index contributed by atoms with van der Waals surface area (Å²) in [5.41, 5.74) is 3.33. The number of nitrogens with zero attached hydrogens (tertiary/aromatic N) is 2. The van der Waals surface area contributed by atoms with Gasteiger partial charge in [0.05, 0.1) is 17.6 Å². The average molecular weight is 245 g/mol. The van der Waals surface area contributed by atoms with Gasteiger partial charge < -0.3 is 14.8 Å².